The highest BCUT2D eigenvalue weighted by atomic mass is 79.9. The lowest BCUT2D eigenvalue weighted by atomic mass is 10.1. The zero-order valence-electron chi connectivity index (χ0n) is 22.2. The van der Waals surface area contributed by atoms with E-state index < -0.39 is 0 Å². The van der Waals surface area contributed by atoms with Crippen LogP contribution >= 0.6 is 31.9 Å². The van der Waals surface area contributed by atoms with Crippen LogP contribution in [0.2, 0.25) is 0 Å². The number of ether oxygens (including phenoxy) is 7. The molecule has 2 bridgehead atoms. The Bertz CT molecular complexity index is 1070. The highest BCUT2D eigenvalue weighted by molar-refractivity contribution is 9.10. The average molecular weight is 666 g/mol. The van der Waals surface area contributed by atoms with Crippen LogP contribution in [-0.4, -0.2) is 53.9 Å². The fraction of sp³-hybridized carbons (Fsp3) is 0.400. The summed E-state index contributed by atoms with van der Waals surface area (Å²) in [6, 6.07) is 20.0. The molecule has 0 N–H and O–H groups in total. The van der Waals surface area contributed by atoms with E-state index in [0.717, 1.165) is 31.2 Å². The van der Waals surface area contributed by atoms with Crippen LogP contribution in [0, 0.1) is 0 Å². The lowest BCUT2D eigenvalue weighted by molar-refractivity contribution is -0.0646. The molecule has 0 fully saturated rings. The van der Waals surface area contributed by atoms with E-state index in [-0.39, 0.29) is 12.2 Å². The van der Waals surface area contributed by atoms with Gasteiger partial charge < -0.3 is 33.2 Å². The number of fused-ring (bicyclic) bond motifs is 2. The molecule has 0 aromatic heterocycles. The number of benzene rings is 3. The van der Waals surface area contributed by atoms with Crippen LogP contribution in [0.15, 0.2) is 69.6 Å². The second-order valence-corrected chi connectivity index (χ2v) is 10.8. The van der Waals surface area contributed by atoms with Crippen LogP contribution in [-0.2, 0) is 36.9 Å². The van der Waals surface area contributed by atoms with Gasteiger partial charge in [0.25, 0.3) is 0 Å². The van der Waals surface area contributed by atoms with Crippen LogP contribution in [0.5, 0.6) is 11.5 Å². The van der Waals surface area contributed by atoms with Crippen molar-refractivity contribution in [3.63, 3.8) is 0 Å². The van der Waals surface area contributed by atoms with E-state index >= 15 is 0 Å². The van der Waals surface area contributed by atoms with Gasteiger partial charge in [0, 0.05) is 20.1 Å². The van der Waals surface area contributed by atoms with Crippen LogP contribution in [0.4, 0.5) is 0 Å². The molecule has 0 saturated heterocycles. The van der Waals surface area contributed by atoms with Crippen molar-refractivity contribution >= 4 is 31.9 Å². The monoisotopic (exact) mass is 664 g/mol. The lowest BCUT2D eigenvalue weighted by Gasteiger charge is -2.22. The molecule has 4 rings (SSSR count). The van der Waals surface area contributed by atoms with E-state index in [1.807, 2.05) is 60.7 Å². The van der Waals surface area contributed by atoms with Gasteiger partial charge in [-0.2, -0.15) is 0 Å². The molecule has 9 heteroatoms. The van der Waals surface area contributed by atoms with Crippen LogP contribution in [0.1, 0.15) is 34.5 Å². The molecule has 3 aromatic carbocycles. The molecule has 39 heavy (non-hydrogen) atoms. The molecule has 0 radical (unpaired) electrons. The summed E-state index contributed by atoms with van der Waals surface area (Å²) in [6.07, 6.45) is -0.504. The summed E-state index contributed by atoms with van der Waals surface area (Å²) >= 11 is 7.00. The third-order valence-electron chi connectivity index (χ3n) is 6.29. The van der Waals surface area contributed by atoms with Crippen molar-refractivity contribution in [2.24, 2.45) is 0 Å². The predicted molar refractivity (Wildman–Crippen MR) is 155 cm³/mol. The SMILES string of the molecule is COc1cc2c(OC)c(c1)COC[C@H](c1ccc(Br)cc1)OCCOCCO[C@@H](c1ccc(Br)cc1)COC2. The molecule has 1 aliphatic rings. The molecule has 0 unspecified atom stereocenters. The minimum atomic E-state index is -0.252. The van der Waals surface area contributed by atoms with Gasteiger partial charge in [-0.25, -0.2) is 0 Å². The molecule has 0 amide bonds. The van der Waals surface area contributed by atoms with Crippen LogP contribution < -0.4 is 9.47 Å². The van der Waals surface area contributed by atoms with Crippen LogP contribution in [0.25, 0.3) is 0 Å². The first kappa shape index (κ1) is 30.0. The zero-order valence-corrected chi connectivity index (χ0v) is 25.4. The Morgan fingerprint density at radius 3 is 1.49 bits per heavy atom. The minimum Gasteiger partial charge on any atom is -0.497 e. The van der Waals surface area contributed by atoms with E-state index in [0.29, 0.717) is 64.4 Å². The first-order valence-corrected chi connectivity index (χ1v) is 14.4. The summed E-state index contributed by atoms with van der Waals surface area (Å²) in [6.45, 7) is 3.13. The third-order valence-corrected chi connectivity index (χ3v) is 7.34. The third kappa shape index (κ3) is 9.01. The minimum absolute atomic E-state index is 0.252. The second kappa shape index (κ2) is 15.7. The highest BCUT2D eigenvalue weighted by Crippen LogP contribution is 2.32. The molecular weight excluding hydrogens is 632 g/mol. The summed E-state index contributed by atoms with van der Waals surface area (Å²) in [5.74, 6) is 1.42. The molecule has 0 spiro atoms. The molecule has 210 valence electrons. The van der Waals surface area contributed by atoms with E-state index in [2.05, 4.69) is 31.9 Å². The molecule has 0 aliphatic carbocycles. The van der Waals surface area contributed by atoms with Gasteiger partial charge in [0.15, 0.2) is 0 Å². The molecule has 0 saturated carbocycles. The maximum atomic E-state index is 6.19. The van der Waals surface area contributed by atoms with Gasteiger partial charge in [0.1, 0.15) is 23.7 Å². The number of hydrogen-bond donors (Lipinski definition) is 0. The summed E-state index contributed by atoms with van der Waals surface area (Å²) < 4.78 is 43.9. The van der Waals surface area contributed by atoms with Gasteiger partial charge in [-0.1, -0.05) is 56.1 Å². The number of methoxy groups -OCH3 is 2. The smallest absolute Gasteiger partial charge is 0.130 e. The Balaban J connectivity index is 1.55. The first-order chi connectivity index (χ1) is 19.1. The molecule has 7 nitrogen and oxygen atoms in total. The number of hydrogen-bond acceptors (Lipinski definition) is 7. The van der Waals surface area contributed by atoms with E-state index in [4.69, 9.17) is 33.2 Å². The maximum Gasteiger partial charge on any atom is 0.130 e. The Hall–Kier alpha value is -1.98. The molecule has 3 aromatic rings. The van der Waals surface area contributed by atoms with Gasteiger partial charge in [-0.3, -0.25) is 0 Å². The molecular formula is C30H34Br2O7. The van der Waals surface area contributed by atoms with Gasteiger partial charge >= 0.3 is 0 Å². The number of halogens is 2. The predicted octanol–water partition coefficient (Wildman–Crippen LogP) is 6.81. The zero-order chi connectivity index (χ0) is 27.5. The van der Waals surface area contributed by atoms with E-state index in [9.17, 15) is 0 Å². The fourth-order valence-corrected chi connectivity index (χ4v) is 4.83. The Morgan fingerprint density at radius 2 is 1.08 bits per heavy atom. The van der Waals surface area contributed by atoms with Crippen molar-refractivity contribution < 1.29 is 33.2 Å². The largest absolute Gasteiger partial charge is 0.497 e. The standard InChI is InChI=1S/C30H34Br2O7/c1-33-27-15-23-17-36-19-28(21-3-7-25(31)8-4-21)38-13-11-35-12-14-39-29(22-5-9-26(32)10-6-22)20-37-18-24(16-27)30(23)34-2/h3-10,15-16,28-29H,11-14,17-20H2,1-2H3/t28-,29-/m1/s1. The van der Waals surface area contributed by atoms with Gasteiger partial charge in [0.2, 0.25) is 0 Å². The fourth-order valence-electron chi connectivity index (χ4n) is 4.31. The second-order valence-electron chi connectivity index (χ2n) is 8.94. The van der Waals surface area contributed by atoms with Crippen molar-refractivity contribution in [3.05, 3.63) is 91.9 Å². The molecule has 1 aliphatic heterocycles. The van der Waals surface area contributed by atoms with Gasteiger partial charge in [-0.05, 0) is 47.5 Å². The lowest BCUT2D eigenvalue weighted by Crippen LogP contribution is -2.18. The topological polar surface area (TPSA) is 64.6 Å². The summed E-state index contributed by atoms with van der Waals surface area (Å²) in [7, 11) is 3.30. The molecule has 2 atom stereocenters. The average Bonchev–Trinajstić information content (AvgIpc) is 2.95. The van der Waals surface area contributed by atoms with Gasteiger partial charge in [0.05, 0.1) is 67.1 Å². The van der Waals surface area contributed by atoms with E-state index in [1.54, 1.807) is 14.2 Å². The number of rotatable bonds is 4. The Morgan fingerprint density at radius 1 is 0.615 bits per heavy atom. The van der Waals surface area contributed by atoms with Crippen molar-refractivity contribution in [3.8, 4) is 11.5 Å². The van der Waals surface area contributed by atoms with Crippen LogP contribution in [0.3, 0.4) is 0 Å². The van der Waals surface area contributed by atoms with Crippen molar-refractivity contribution in [2.45, 2.75) is 25.4 Å². The first-order valence-electron chi connectivity index (χ1n) is 12.8. The van der Waals surface area contributed by atoms with E-state index in [1.165, 1.54) is 0 Å². The summed E-state index contributed by atoms with van der Waals surface area (Å²) in [5, 5.41) is 0. The Labute approximate surface area is 246 Å². The summed E-state index contributed by atoms with van der Waals surface area (Å²) in [5.41, 5.74) is 3.80. The highest BCUT2D eigenvalue weighted by Gasteiger charge is 2.18. The molecule has 1 heterocycles. The van der Waals surface area contributed by atoms with Crippen molar-refractivity contribution in [1.29, 1.82) is 0 Å². The quantitative estimate of drug-likeness (QED) is 0.304. The van der Waals surface area contributed by atoms with Crippen molar-refractivity contribution in [2.75, 3.05) is 53.9 Å². The van der Waals surface area contributed by atoms with Gasteiger partial charge in [-0.15, -0.1) is 0 Å². The Kier molecular flexibility index (Phi) is 12.1. The normalized spacial score (nSPS) is 20.0. The van der Waals surface area contributed by atoms with Crippen molar-refractivity contribution in [1.82, 2.24) is 0 Å². The maximum absolute atomic E-state index is 6.19. The summed E-state index contributed by atoms with van der Waals surface area (Å²) in [4.78, 5) is 0.